The van der Waals surface area contributed by atoms with Crippen molar-refractivity contribution in [3.05, 3.63) is 95.1 Å². The van der Waals surface area contributed by atoms with Crippen molar-refractivity contribution in [1.82, 2.24) is 4.90 Å². The van der Waals surface area contributed by atoms with E-state index in [4.69, 9.17) is 0 Å². The van der Waals surface area contributed by atoms with Gasteiger partial charge in [0.05, 0.1) is 17.3 Å². The first-order chi connectivity index (χ1) is 16.5. The second-order valence-electron chi connectivity index (χ2n) is 9.08. The molecule has 1 heterocycles. The van der Waals surface area contributed by atoms with Gasteiger partial charge in [-0.2, -0.15) is 0 Å². The summed E-state index contributed by atoms with van der Waals surface area (Å²) in [6, 6.07) is 24.0. The van der Waals surface area contributed by atoms with Crippen molar-refractivity contribution < 1.29 is 9.59 Å². The average Bonchev–Trinajstić information content (AvgIpc) is 2.83. The zero-order valence-electron chi connectivity index (χ0n) is 20.3. The number of rotatable bonds is 7. The van der Waals surface area contributed by atoms with E-state index in [1.807, 2.05) is 67.3 Å². The van der Waals surface area contributed by atoms with Crippen LogP contribution in [0.25, 0.3) is 0 Å². The summed E-state index contributed by atoms with van der Waals surface area (Å²) in [5.74, 6) is -0.300. The highest BCUT2D eigenvalue weighted by Gasteiger charge is 2.29. The topological polar surface area (TPSA) is 52.7 Å². The Morgan fingerprint density at radius 3 is 2.35 bits per heavy atom. The van der Waals surface area contributed by atoms with Gasteiger partial charge in [0.2, 0.25) is 5.91 Å². The minimum absolute atomic E-state index is 0.0266. The molecule has 0 spiro atoms. The van der Waals surface area contributed by atoms with Crippen LogP contribution in [-0.2, 0) is 11.3 Å². The van der Waals surface area contributed by atoms with Gasteiger partial charge in [-0.25, -0.2) is 4.79 Å². The van der Waals surface area contributed by atoms with Gasteiger partial charge in [-0.15, -0.1) is 0 Å². The Kier molecular flexibility index (Phi) is 7.31. The number of hydrogen-bond acceptors (Lipinski definition) is 2. The third-order valence-electron chi connectivity index (χ3n) is 6.43. The van der Waals surface area contributed by atoms with Gasteiger partial charge in [0, 0.05) is 19.6 Å². The van der Waals surface area contributed by atoms with Gasteiger partial charge < -0.3 is 10.2 Å². The Labute approximate surface area is 202 Å². The monoisotopic (exact) mass is 455 g/mol. The van der Waals surface area contributed by atoms with E-state index in [2.05, 4.69) is 36.5 Å². The summed E-state index contributed by atoms with van der Waals surface area (Å²) in [6.45, 7) is 8.01. The van der Waals surface area contributed by atoms with Crippen molar-refractivity contribution in [2.45, 2.75) is 46.1 Å². The van der Waals surface area contributed by atoms with Crippen LogP contribution in [0.2, 0.25) is 0 Å². The van der Waals surface area contributed by atoms with Crippen LogP contribution in [0, 0.1) is 13.8 Å². The molecule has 1 atom stereocenters. The standard InChI is InChI=1S/C29H33N3O2/c1-4-25(24-9-6-5-7-10-24)28(33)30-26-19-22(3)13-16-27(26)32-18-8-17-31(29(32)34)20-23-14-11-21(2)12-15-23/h5-7,9-16,19,25H,4,8,17-18,20H2,1-3H3,(H,30,33). The van der Waals surface area contributed by atoms with Gasteiger partial charge in [-0.05, 0) is 55.5 Å². The van der Waals surface area contributed by atoms with Crippen LogP contribution in [0.15, 0.2) is 72.8 Å². The number of urea groups is 1. The van der Waals surface area contributed by atoms with E-state index in [0.29, 0.717) is 25.2 Å². The van der Waals surface area contributed by atoms with E-state index in [-0.39, 0.29) is 17.9 Å². The zero-order valence-corrected chi connectivity index (χ0v) is 20.3. The van der Waals surface area contributed by atoms with Crippen molar-refractivity contribution in [2.75, 3.05) is 23.3 Å². The van der Waals surface area contributed by atoms with E-state index < -0.39 is 0 Å². The summed E-state index contributed by atoms with van der Waals surface area (Å²) in [7, 11) is 0. The number of hydrogen-bond donors (Lipinski definition) is 1. The van der Waals surface area contributed by atoms with E-state index in [9.17, 15) is 9.59 Å². The number of carbonyl (C=O) groups is 2. The highest BCUT2D eigenvalue weighted by Crippen LogP contribution is 2.32. The molecule has 34 heavy (non-hydrogen) atoms. The van der Waals surface area contributed by atoms with Gasteiger partial charge in [0.25, 0.3) is 0 Å². The number of benzene rings is 3. The van der Waals surface area contributed by atoms with Crippen LogP contribution in [0.5, 0.6) is 0 Å². The second kappa shape index (κ2) is 10.6. The molecule has 176 valence electrons. The molecule has 0 aliphatic carbocycles. The molecule has 1 unspecified atom stereocenters. The van der Waals surface area contributed by atoms with Gasteiger partial charge in [-0.3, -0.25) is 9.69 Å². The molecule has 5 heteroatoms. The molecule has 5 nitrogen and oxygen atoms in total. The van der Waals surface area contributed by atoms with Gasteiger partial charge in [-0.1, -0.05) is 73.2 Å². The van der Waals surface area contributed by atoms with Gasteiger partial charge >= 0.3 is 6.03 Å². The molecule has 1 fully saturated rings. The molecule has 0 bridgehead atoms. The smallest absolute Gasteiger partial charge is 0.324 e. The minimum Gasteiger partial charge on any atom is -0.324 e. The first kappa shape index (κ1) is 23.6. The lowest BCUT2D eigenvalue weighted by molar-refractivity contribution is -0.117. The second-order valence-corrected chi connectivity index (χ2v) is 9.08. The van der Waals surface area contributed by atoms with Crippen LogP contribution >= 0.6 is 0 Å². The molecule has 0 radical (unpaired) electrons. The van der Waals surface area contributed by atoms with Crippen LogP contribution < -0.4 is 10.2 Å². The molecule has 0 aromatic heterocycles. The van der Waals surface area contributed by atoms with Gasteiger partial charge in [0.15, 0.2) is 0 Å². The highest BCUT2D eigenvalue weighted by atomic mass is 16.2. The van der Waals surface area contributed by atoms with E-state index in [1.165, 1.54) is 5.56 Å². The van der Waals surface area contributed by atoms with Crippen LogP contribution in [0.1, 0.15) is 47.9 Å². The lowest BCUT2D eigenvalue weighted by Gasteiger charge is -2.36. The molecule has 4 rings (SSSR count). The van der Waals surface area contributed by atoms with Gasteiger partial charge in [0.1, 0.15) is 0 Å². The molecular weight excluding hydrogens is 422 g/mol. The SMILES string of the molecule is CCC(C(=O)Nc1cc(C)ccc1N1CCCN(Cc2ccc(C)cc2)C1=O)c1ccccc1. The zero-order chi connectivity index (χ0) is 24.1. The maximum absolute atomic E-state index is 13.5. The van der Waals surface area contributed by atoms with Crippen molar-refractivity contribution in [1.29, 1.82) is 0 Å². The molecule has 1 N–H and O–H groups in total. The van der Waals surface area contributed by atoms with Crippen molar-refractivity contribution in [3.8, 4) is 0 Å². The summed E-state index contributed by atoms with van der Waals surface area (Å²) in [6.07, 6.45) is 1.57. The predicted molar refractivity (Wildman–Crippen MR) is 138 cm³/mol. The highest BCUT2D eigenvalue weighted by molar-refractivity contribution is 6.02. The lowest BCUT2D eigenvalue weighted by Crippen LogP contribution is -2.49. The molecule has 3 amide bonds. The summed E-state index contributed by atoms with van der Waals surface area (Å²) < 4.78 is 0. The maximum Gasteiger partial charge on any atom is 0.324 e. The lowest BCUT2D eigenvalue weighted by atomic mass is 9.95. The number of nitrogens with one attached hydrogen (secondary N) is 1. The fourth-order valence-corrected chi connectivity index (χ4v) is 4.53. The Morgan fingerprint density at radius 2 is 1.65 bits per heavy atom. The summed E-state index contributed by atoms with van der Waals surface area (Å²) >= 11 is 0. The number of aryl methyl sites for hydroxylation is 2. The Hall–Kier alpha value is -3.60. The average molecular weight is 456 g/mol. The van der Waals surface area contributed by atoms with Crippen molar-refractivity contribution >= 4 is 23.3 Å². The minimum atomic E-state index is -0.246. The van der Waals surface area contributed by atoms with E-state index in [1.54, 1.807) is 4.90 Å². The van der Waals surface area contributed by atoms with E-state index in [0.717, 1.165) is 35.3 Å². The molecule has 3 aromatic carbocycles. The summed E-state index contributed by atoms with van der Waals surface area (Å²) in [5.41, 5.74) is 5.79. The van der Waals surface area contributed by atoms with Crippen molar-refractivity contribution in [3.63, 3.8) is 0 Å². The summed E-state index contributed by atoms with van der Waals surface area (Å²) in [4.78, 5) is 30.4. The molecular formula is C29H33N3O2. The number of anilines is 2. The molecule has 1 aliphatic rings. The maximum atomic E-state index is 13.5. The Balaban J connectivity index is 1.56. The number of nitrogens with zero attached hydrogens (tertiary/aromatic N) is 2. The first-order valence-corrected chi connectivity index (χ1v) is 12.0. The number of carbonyl (C=O) groups excluding carboxylic acids is 2. The predicted octanol–water partition coefficient (Wildman–Crippen LogP) is 6.27. The normalized spacial score (nSPS) is 14.7. The molecule has 3 aromatic rings. The Morgan fingerprint density at radius 1 is 0.941 bits per heavy atom. The first-order valence-electron chi connectivity index (χ1n) is 12.0. The van der Waals surface area contributed by atoms with Crippen LogP contribution in [-0.4, -0.2) is 29.9 Å². The third kappa shape index (κ3) is 5.30. The Bertz CT molecular complexity index is 1140. The molecule has 0 saturated carbocycles. The van der Waals surface area contributed by atoms with Crippen LogP contribution in [0.3, 0.4) is 0 Å². The fraction of sp³-hybridized carbons (Fsp3) is 0.310. The largest absolute Gasteiger partial charge is 0.324 e. The van der Waals surface area contributed by atoms with Crippen LogP contribution in [0.4, 0.5) is 16.2 Å². The van der Waals surface area contributed by atoms with E-state index >= 15 is 0 Å². The molecule has 1 saturated heterocycles. The van der Waals surface area contributed by atoms with Crippen molar-refractivity contribution in [2.24, 2.45) is 0 Å². The number of amides is 3. The third-order valence-corrected chi connectivity index (χ3v) is 6.43. The summed E-state index contributed by atoms with van der Waals surface area (Å²) in [5, 5.41) is 3.14. The fourth-order valence-electron chi connectivity index (χ4n) is 4.53. The quantitative estimate of drug-likeness (QED) is 0.457. The molecule has 1 aliphatic heterocycles.